The van der Waals surface area contributed by atoms with E-state index in [1.54, 1.807) is 4.90 Å². The van der Waals surface area contributed by atoms with Crippen molar-refractivity contribution in [3.63, 3.8) is 0 Å². The van der Waals surface area contributed by atoms with E-state index in [0.29, 0.717) is 16.8 Å². The molecule has 1 aromatic heterocycles. The van der Waals surface area contributed by atoms with E-state index in [9.17, 15) is 23.1 Å². The summed E-state index contributed by atoms with van der Waals surface area (Å²) in [6.45, 7) is 6.10. The van der Waals surface area contributed by atoms with E-state index in [1.807, 2.05) is 51.1 Å². The number of hydrogen-bond donors (Lipinski definition) is 2. The van der Waals surface area contributed by atoms with Crippen molar-refractivity contribution >= 4 is 6.09 Å². The van der Waals surface area contributed by atoms with Crippen molar-refractivity contribution in [1.82, 2.24) is 30.4 Å². The van der Waals surface area contributed by atoms with E-state index in [2.05, 4.69) is 20.8 Å². The molecule has 0 saturated carbocycles. The third-order valence-corrected chi connectivity index (χ3v) is 5.99. The summed E-state index contributed by atoms with van der Waals surface area (Å²) in [6.07, 6.45) is -3.69. The largest absolute Gasteiger partial charge is 0.508 e. The molecule has 1 amide bonds. The summed E-state index contributed by atoms with van der Waals surface area (Å²) in [5.74, 6) is -1.35. The smallest absolute Gasteiger partial charge is 0.453 e. The molecule has 2 atom stereocenters. The zero-order valence-corrected chi connectivity index (χ0v) is 20.7. The Hall–Kier alpha value is -3.67. The third kappa shape index (κ3) is 6.19. The number of nitrogens with zero attached hydrogens (tertiary/aromatic N) is 5. The predicted octanol–water partition coefficient (Wildman–Crippen LogP) is 4.62. The minimum absolute atomic E-state index is 0.0607. The van der Waals surface area contributed by atoms with Gasteiger partial charge in [0, 0.05) is 24.7 Å². The molecule has 0 unspecified atom stereocenters. The van der Waals surface area contributed by atoms with E-state index in [4.69, 9.17) is 4.74 Å². The van der Waals surface area contributed by atoms with Crippen LogP contribution in [-0.4, -0.2) is 54.5 Å². The average Bonchev–Trinajstić information content (AvgIpc) is 3.34. The molecule has 2 N–H and O–H groups in total. The van der Waals surface area contributed by atoms with E-state index < -0.39 is 23.7 Å². The van der Waals surface area contributed by atoms with Crippen LogP contribution in [0.15, 0.2) is 48.5 Å². The molecule has 198 valence electrons. The summed E-state index contributed by atoms with van der Waals surface area (Å²) < 4.78 is 46.1. The van der Waals surface area contributed by atoms with E-state index in [0.717, 1.165) is 18.4 Å². The van der Waals surface area contributed by atoms with Gasteiger partial charge in [0.05, 0.1) is 11.7 Å². The number of ether oxygens (including phenoxy) is 1. The van der Waals surface area contributed by atoms with Crippen molar-refractivity contribution in [3.8, 4) is 11.4 Å². The maximum atomic E-state index is 13.3. The molecule has 1 saturated heterocycles. The Kier molecular flexibility index (Phi) is 7.39. The lowest BCUT2D eigenvalue weighted by molar-refractivity contribution is -0.146. The van der Waals surface area contributed by atoms with Gasteiger partial charge in [0.15, 0.2) is 0 Å². The fourth-order valence-corrected chi connectivity index (χ4v) is 4.42. The zero-order valence-electron chi connectivity index (χ0n) is 20.7. The van der Waals surface area contributed by atoms with Crippen molar-refractivity contribution in [2.24, 2.45) is 0 Å². The molecule has 1 aliphatic rings. The van der Waals surface area contributed by atoms with Gasteiger partial charge in [-0.05, 0) is 67.8 Å². The lowest BCUT2D eigenvalue weighted by Gasteiger charge is -2.42. The van der Waals surface area contributed by atoms with Crippen LogP contribution in [0.5, 0.6) is 5.75 Å². The molecule has 4 rings (SSSR count). The highest BCUT2D eigenvalue weighted by molar-refractivity contribution is 5.69. The quantitative estimate of drug-likeness (QED) is 0.508. The second-order valence-electron chi connectivity index (χ2n) is 9.88. The van der Waals surface area contributed by atoms with Crippen LogP contribution in [0, 0.1) is 0 Å². The van der Waals surface area contributed by atoms with Gasteiger partial charge in [0.25, 0.3) is 5.82 Å². The Bertz CT molecular complexity index is 1230. The maximum Gasteiger partial charge on any atom is 0.453 e. The first-order chi connectivity index (χ1) is 17.4. The molecule has 3 aromatic rings. The van der Waals surface area contributed by atoms with Crippen LogP contribution in [0.3, 0.4) is 0 Å². The molecular weight excluding hydrogens is 489 g/mol. The number of hydrogen-bond acceptors (Lipinski definition) is 7. The minimum atomic E-state index is -4.74. The molecule has 0 radical (unpaired) electrons. The van der Waals surface area contributed by atoms with Gasteiger partial charge in [-0.15, -0.1) is 5.10 Å². The van der Waals surface area contributed by atoms with Gasteiger partial charge in [-0.25, -0.2) is 4.79 Å². The highest BCUT2D eigenvalue weighted by Crippen LogP contribution is 2.34. The van der Waals surface area contributed by atoms with E-state index in [1.165, 1.54) is 18.2 Å². The van der Waals surface area contributed by atoms with Crippen molar-refractivity contribution in [2.45, 2.75) is 64.0 Å². The number of piperidine rings is 1. The molecule has 9 nitrogen and oxygen atoms in total. The Morgan fingerprint density at radius 2 is 1.89 bits per heavy atom. The molecular formula is C25H29F3N6O3. The van der Waals surface area contributed by atoms with Crippen LogP contribution < -0.4 is 5.32 Å². The van der Waals surface area contributed by atoms with Crippen LogP contribution in [0.2, 0.25) is 0 Å². The first-order valence-electron chi connectivity index (χ1n) is 11.9. The number of aromatic nitrogens is 4. The Morgan fingerprint density at radius 3 is 2.57 bits per heavy atom. The highest BCUT2D eigenvalue weighted by atomic mass is 19.4. The van der Waals surface area contributed by atoms with E-state index in [-0.39, 0.29) is 30.1 Å². The van der Waals surface area contributed by atoms with Gasteiger partial charge in [0.2, 0.25) is 0 Å². The van der Waals surface area contributed by atoms with Crippen LogP contribution in [-0.2, 0) is 17.5 Å². The van der Waals surface area contributed by atoms with Crippen molar-refractivity contribution in [1.29, 1.82) is 0 Å². The van der Waals surface area contributed by atoms with Crippen molar-refractivity contribution in [2.75, 3.05) is 6.54 Å². The second-order valence-corrected chi connectivity index (χ2v) is 9.88. The molecule has 1 fully saturated rings. The SMILES string of the molecule is CC(C)(C)OC(=O)N1CCC[C@H](NCc2cc(-n3nnnc3C(F)(F)F)ccc2O)[C@@H]1c1ccccc1. The number of halogens is 3. The van der Waals surface area contributed by atoms with Crippen molar-refractivity contribution < 1.29 is 27.8 Å². The number of benzene rings is 2. The highest BCUT2D eigenvalue weighted by Gasteiger charge is 2.39. The first-order valence-corrected chi connectivity index (χ1v) is 11.9. The normalized spacial score (nSPS) is 18.6. The number of tetrazole rings is 1. The van der Waals surface area contributed by atoms with Crippen molar-refractivity contribution in [3.05, 3.63) is 65.5 Å². The number of rotatable bonds is 5. The second kappa shape index (κ2) is 10.4. The van der Waals surface area contributed by atoms with Gasteiger partial charge < -0.3 is 15.2 Å². The lowest BCUT2D eigenvalue weighted by Crippen LogP contribution is -2.51. The number of nitrogens with one attached hydrogen (secondary N) is 1. The lowest BCUT2D eigenvalue weighted by atomic mass is 9.90. The maximum absolute atomic E-state index is 13.3. The van der Waals surface area contributed by atoms with Crippen LogP contribution >= 0.6 is 0 Å². The van der Waals surface area contributed by atoms with Gasteiger partial charge >= 0.3 is 12.3 Å². The van der Waals surface area contributed by atoms with Gasteiger partial charge in [-0.1, -0.05) is 30.3 Å². The fourth-order valence-electron chi connectivity index (χ4n) is 4.42. The number of carbonyl (C=O) groups excluding carboxylic acids is 1. The topological polar surface area (TPSA) is 105 Å². The Balaban J connectivity index is 1.59. The number of carbonyl (C=O) groups is 1. The summed E-state index contributed by atoms with van der Waals surface area (Å²) in [5.41, 5.74) is 0.691. The molecule has 12 heteroatoms. The van der Waals surface area contributed by atoms with E-state index >= 15 is 0 Å². The number of alkyl halides is 3. The van der Waals surface area contributed by atoms with Gasteiger partial charge in [-0.3, -0.25) is 4.90 Å². The van der Waals surface area contributed by atoms with Crippen LogP contribution in [0.1, 0.15) is 56.6 Å². The monoisotopic (exact) mass is 518 g/mol. The number of amides is 1. The molecule has 2 aromatic carbocycles. The Morgan fingerprint density at radius 1 is 1.16 bits per heavy atom. The fraction of sp³-hybridized carbons (Fsp3) is 0.440. The summed E-state index contributed by atoms with van der Waals surface area (Å²) in [4.78, 5) is 14.8. The minimum Gasteiger partial charge on any atom is -0.508 e. The first kappa shape index (κ1) is 26.4. The molecule has 37 heavy (non-hydrogen) atoms. The zero-order chi connectivity index (χ0) is 26.8. The number of phenols is 1. The number of aromatic hydroxyl groups is 1. The molecule has 0 spiro atoms. The van der Waals surface area contributed by atoms with Crippen LogP contribution in [0.4, 0.5) is 18.0 Å². The van der Waals surface area contributed by atoms with Crippen LogP contribution in [0.25, 0.3) is 5.69 Å². The molecule has 1 aliphatic heterocycles. The molecule has 2 heterocycles. The molecule has 0 bridgehead atoms. The molecule has 0 aliphatic carbocycles. The third-order valence-electron chi connectivity index (χ3n) is 5.99. The number of phenolic OH excluding ortho intramolecular Hbond substituents is 1. The summed E-state index contributed by atoms with van der Waals surface area (Å²) in [7, 11) is 0. The average molecular weight is 519 g/mol. The Labute approximate surface area is 212 Å². The predicted molar refractivity (Wildman–Crippen MR) is 128 cm³/mol. The summed E-state index contributed by atoms with van der Waals surface area (Å²) in [6, 6.07) is 13.0. The summed E-state index contributed by atoms with van der Waals surface area (Å²) >= 11 is 0. The summed E-state index contributed by atoms with van der Waals surface area (Å²) in [5, 5.41) is 23.5. The number of likely N-dealkylation sites (tertiary alicyclic amines) is 1. The standard InChI is InChI=1S/C25H29F3N6O3/c1-24(2,3)37-23(36)33-13-7-10-19(21(33)16-8-5-4-6-9-16)29-15-17-14-18(11-12-20(17)35)34-22(25(26,27)28)30-31-32-34/h4-6,8-9,11-12,14,19,21,29,35H,7,10,13,15H2,1-3H3/t19-,21-/m0/s1. The van der Waals surface area contributed by atoms with Gasteiger partial charge in [0.1, 0.15) is 11.4 Å². The van der Waals surface area contributed by atoms with Gasteiger partial charge in [-0.2, -0.15) is 17.9 Å².